The highest BCUT2D eigenvalue weighted by molar-refractivity contribution is 7.17. The number of nitrogens with zero attached hydrogens (tertiary/aromatic N) is 1. The van der Waals surface area contributed by atoms with Gasteiger partial charge in [0.25, 0.3) is 0 Å². The fraction of sp³-hybridized carbons (Fsp3) is 0.556. The van der Waals surface area contributed by atoms with E-state index in [0.29, 0.717) is 19.4 Å². The Labute approximate surface area is 201 Å². The number of hydrogen-bond acceptors (Lipinski definition) is 5. The molecule has 2 aliphatic rings. The van der Waals surface area contributed by atoms with Crippen LogP contribution < -0.4 is 5.32 Å². The Morgan fingerprint density at radius 3 is 2.97 bits per heavy atom. The number of ether oxygens (including phenoxy) is 1. The number of rotatable bonds is 9. The summed E-state index contributed by atoms with van der Waals surface area (Å²) in [6.07, 6.45) is 11.8. The number of thiophene rings is 1. The van der Waals surface area contributed by atoms with Gasteiger partial charge in [0.2, 0.25) is 5.91 Å². The zero-order valence-electron chi connectivity index (χ0n) is 19.7. The second kappa shape index (κ2) is 11.8. The molecule has 0 radical (unpaired) electrons. The van der Waals surface area contributed by atoms with Crippen molar-refractivity contribution in [3.63, 3.8) is 0 Å². The maximum atomic E-state index is 12.4. The molecule has 2 aliphatic heterocycles. The average Bonchev–Trinajstić information content (AvgIpc) is 3.11. The van der Waals surface area contributed by atoms with Gasteiger partial charge in [-0.15, -0.1) is 11.3 Å². The van der Waals surface area contributed by atoms with Gasteiger partial charge < -0.3 is 10.1 Å². The van der Waals surface area contributed by atoms with Crippen LogP contribution in [0.2, 0.25) is 0 Å². The number of benzene rings is 1. The van der Waals surface area contributed by atoms with Crippen molar-refractivity contribution >= 4 is 44.6 Å². The lowest BCUT2D eigenvalue weighted by Crippen LogP contribution is -2.38. The second-order valence-corrected chi connectivity index (χ2v) is 10.2. The lowest BCUT2D eigenvalue weighted by molar-refractivity contribution is -0.143. The lowest BCUT2D eigenvalue weighted by atomic mass is 9.95. The minimum Gasteiger partial charge on any atom is -0.466 e. The molecule has 1 fully saturated rings. The number of hydrogen-bond donors (Lipinski definition) is 1. The second-order valence-electron chi connectivity index (χ2n) is 9.25. The molecule has 33 heavy (non-hydrogen) atoms. The predicted molar refractivity (Wildman–Crippen MR) is 137 cm³/mol. The summed E-state index contributed by atoms with van der Waals surface area (Å²) in [5, 5.41) is 6.52. The number of esters is 1. The van der Waals surface area contributed by atoms with Gasteiger partial charge in [0.1, 0.15) is 0 Å². The Morgan fingerprint density at radius 2 is 2.09 bits per heavy atom. The first kappa shape index (κ1) is 24.0. The molecule has 0 spiro atoms. The fourth-order valence-electron chi connectivity index (χ4n) is 4.90. The Balaban J connectivity index is 1.35. The standard InChI is InChI=1S/C27H36N2O3S/c1-2-3-17-32-27(31)9-6-8-26(30)28-21-11-13-25-23(18-21)24(19-33-25)20-10-12-22-7-4-5-15-29(22)16-14-20/h11,13-14,18-19,22H,2-10,12,15-17H2,1H3,(H,28,30). The van der Waals surface area contributed by atoms with Gasteiger partial charge in [-0.25, -0.2) is 0 Å². The molecule has 0 bridgehead atoms. The van der Waals surface area contributed by atoms with Crippen LogP contribution in [0.1, 0.15) is 76.7 Å². The van der Waals surface area contributed by atoms with Crippen molar-refractivity contribution in [2.24, 2.45) is 0 Å². The van der Waals surface area contributed by atoms with E-state index in [4.69, 9.17) is 4.74 Å². The number of allylic oxidation sites excluding steroid dienone is 1. The Morgan fingerprint density at radius 1 is 1.18 bits per heavy atom. The van der Waals surface area contributed by atoms with E-state index in [2.05, 4.69) is 40.7 Å². The molecule has 6 heteroatoms. The van der Waals surface area contributed by atoms with Crippen LogP contribution >= 0.6 is 11.3 Å². The number of carbonyl (C=O) groups excluding carboxylic acids is 2. The highest BCUT2D eigenvalue weighted by Crippen LogP contribution is 2.37. The molecule has 5 nitrogen and oxygen atoms in total. The van der Waals surface area contributed by atoms with E-state index in [1.807, 2.05) is 6.07 Å². The summed E-state index contributed by atoms with van der Waals surface area (Å²) in [7, 11) is 0. The van der Waals surface area contributed by atoms with Crippen molar-refractivity contribution in [2.45, 2.75) is 77.2 Å². The monoisotopic (exact) mass is 468 g/mol. The van der Waals surface area contributed by atoms with Crippen molar-refractivity contribution in [1.29, 1.82) is 0 Å². The van der Waals surface area contributed by atoms with Gasteiger partial charge in [0.05, 0.1) is 6.61 Å². The summed E-state index contributed by atoms with van der Waals surface area (Å²) in [6.45, 7) is 4.81. The van der Waals surface area contributed by atoms with Crippen LogP contribution in [-0.2, 0) is 14.3 Å². The number of piperidine rings is 1. The van der Waals surface area contributed by atoms with E-state index in [1.165, 1.54) is 53.5 Å². The van der Waals surface area contributed by atoms with E-state index in [0.717, 1.165) is 37.5 Å². The quantitative estimate of drug-likeness (QED) is 0.342. The summed E-state index contributed by atoms with van der Waals surface area (Å²) in [4.78, 5) is 26.8. The summed E-state index contributed by atoms with van der Waals surface area (Å²) >= 11 is 1.77. The SMILES string of the molecule is CCCCOC(=O)CCCC(=O)Nc1ccc2scc(C3=CCN4CCCCC4CC3)c2c1. The molecule has 1 amide bonds. The molecule has 0 saturated carbocycles. The molecule has 178 valence electrons. The number of anilines is 1. The lowest BCUT2D eigenvalue weighted by Gasteiger charge is -2.33. The highest BCUT2D eigenvalue weighted by atomic mass is 32.1. The van der Waals surface area contributed by atoms with Gasteiger partial charge in [-0.2, -0.15) is 0 Å². The van der Waals surface area contributed by atoms with Crippen LogP contribution in [0.3, 0.4) is 0 Å². The molecule has 1 aromatic carbocycles. The molecule has 0 aliphatic carbocycles. The first-order valence-corrected chi connectivity index (χ1v) is 13.4. The smallest absolute Gasteiger partial charge is 0.305 e. The van der Waals surface area contributed by atoms with Crippen LogP contribution in [0.5, 0.6) is 0 Å². The van der Waals surface area contributed by atoms with E-state index >= 15 is 0 Å². The van der Waals surface area contributed by atoms with Gasteiger partial charge in [0, 0.05) is 41.2 Å². The minimum absolute atomic E-state index is 0.0574. The fourth-order valence-corrected chi connectivity index (χ4v) is 5.86. The van der Waals surface area contributed by atoms with Crippen molar-refractivity contribution in [1.82, 2.24) is 4.90 Å². The molecule has 1 atom stereocenters. The first-order chi connectivity index (χ1) is 16.1. The normalized spacial score (nSPS) is 18.9. The highest BCUT2D eigenvalue weighted by Gasteiger charge is 2.24. The third-order valence-electron chi connectivity index (χ3n) is 6.82. The van der Waals surface area contributed by atoms with Crippen molar-refractivity contribution in [3.05, 3.63) is 35.2 Å². The van der Waals surface area contributed by atoms with Crippen molar-refractivity contribution in [2.75, 3.05) is 25.0 Å². The number of fused-ring (bicyclic) bond motifs is 2. The van der Waals surface area contributed by atoms with E-state index in [9.17, 15) is 9.59 Å². The maximum absolute atomic E-state index is 12.4. The summed E-state index contributed by atoms with van der Waals surface area (Å²) in [6, 6.07) is 6.92. The summed E-state index contributed by atoms with van der Waals surface area (Å²) in [5.41, 5.74) is 3.59. The first-order valence-electron chi connectivity index (χ1n) is 12.5. The van der Waals surface area contributed by atoms with E-state index in [-0.39, 0.29) is 18.3 Å². The van der Waals surface area contributed by atoms with Crippen LogP contribution in [0, 0.1) is 0 Å². The van der Waals surface area contributed by atoms with Crippen molar-refractivity contribution < 1.29 is 14.3 Å². The Hall–Kier alpha value is -2.18. The number of carbonyl (C=O) groups is 2. The molecule has 1 unspecified atom stereocenters. The molecule has 1 saturated heterocycles. The molecular formula is C27H36N2O3S. The molecule has 1 aromatic heterocycles. The van der Waals surface area contributed by atoms with Crippen LogP contribution in [0.15, 0.2) is 29.7 Å². The zero-order chi connectivity index (χ0) is 23.0. The number of amides is 1. The minimum atomic E-state index is -0.214. The Kier molecular flexibility index (Phi) is 8.57. The topological polar surface area (TPSA) is 58.6 Å². The van der Waals surface area contributed by atoms with Gasteiger partial charge in [0.15, 0.2) is 0 Å². The summed E-state index contributed by atoms with van der Waals surface area (Å²) < 4.78 is 6.41. The largest absolute Gasteiger partial charge is 0.466 e. The molecular weight excluding hydrogens is 432 g/mol. The predicted octanol–water partition coefficient (Wildman–Crippen LogP) is 6.39. The van der Waals surface area contributed by atoms with Crippen LogP contribution in [0.25, 0.3) is 15.7 Å². The average molecular weight is 469 g/mol. The van der Waals surface area contributed by atoms with Crippen molar-refractivity contribution in [3.8, 4) is 0 Å². The molecule has 4 rings (SSSR count). The van der Waals surface area contributed by atoms with Gasteiger partial charge in [-0.3, -0.25) is 14.5 Å². The zero-order valence-corrected chi connectivity index (χ0v) is 20.6. The maximum Gasteiger partial charge on any atom is 0.305 e. The van der Waals surface area contributed by atoms with Gasteiger partial charge in [-0.05, 0) is 79.8 Å². The van der Waals surface area contributed by atoms with Crippen LogP contribution in [0.4, 0.5) is 5.69 Å². The summed E-state index contributed by atoms with van der Waals surface area (Å²) in [5.74, 6) is -0.272. The van der Waals surface area contributed by atoms with Gasteiger partial charge in [-0.1, -0.05) is 25.8 Å². The third-order valence-corrected chi connectivity index (χ3v) is 7.78. The van der Waals surface area contributed by atoms with Gasteiger partial charge >= 0.3 is 5.97 Å². The number of unbranched alkanes of at least 4 members (excludes halogenated alkanes) is 1. The van der Waals surface area contributed by atoms with E-state index in [1.54, 1.807) is 11.3 Å². The molecule has 1 N–H and O–H groups in total. The number of nitrogens with one attached hydrogen (secondary N) is 1. The third kappa shape index (κ3) is 6.45. The molecule has 3 heterocycles. The Bertz CT molecular complexity index is 996. The van der Waals surface area contributed by atoms with Crippen LogP contribution in [-0.4, -0.2) is 42.5 Å². The molecule has 2 aromatic rings. The van der Waals surface area contributed by atoms with E-state index < -0.39 is 0 Å².